The van der Waals surface area contributed by atoms with Gasteiger partial charge < -0.3 is 5.11 Å². The molecule has 0 saturated carbocycles. The molecule has 1 aromatic rings. The summed E-state index contributed by atoms with van der Waals surface area (Å²) in [6.07, 6.45) is 0.854. The first-order chi connectivity index (χ1) is 9.03. The van der Waals surface area contributed by atoms with Crippen molar-refractivity contribution in [1.29, 1.82) is 0 Å². The summed E-state index contributed by atoms with van der Waals surface area (Å²) >= 11 is 0. The van der Waals surface area contributed by atoms with Crippen LogP contribution in [0, 0.1) is 0 Å². The van der Waals surface area contributed by atoms with Crippen LogP contribution < -0.4 is 0 Å². The van der Waals surface area contributed by atoms with Gasteiger partial charge in [-0.1, -0.05) is 30.3 Å². The lowest BCUT2D eigenvalue weighted by Crippen LogP contribution is -2.61. The molecule has 0 amide bonds. The molecule has 1 saturated heterocycles. The molecule has 0 bridgehead atoms. The summed E-state index contributed by atoms with van der Waals surface area (Å²) in [7, 11) is 2.18. The summed E-state index contributed by atoms with van der Waals surface area (Å²) in [6.45, 7) is 7.90. The van der Waals surface area contributed by atoms with E-state index < -0.39 is 0 Å². The zero-order chi connectivity index (χ0) is 13.9. The van der Waals surface area contributed by atoms with Gasteiger partial charge in [0.1, 0.15) is 0 Å². The summed E-state index contributed by atoms with van der Waals surface area (Å²) in [5, 5.41) is 9.27. The monoisotopic (exact) mass is 262 g/mol. The zero-order valence-corrected chi connectivity index (χ0v) is 12.3. The highest BCUT2D eigenvalue weighted by Gasteiger charge is 2.36. The van der Waals surface area contributed by atoms with Crippen molar-refractivity contribution in [1.82, 2.24) is 9.80 Å². The number of hydrogen-bond donors (Lipinski definition) is 1. The number of aliphatic hydroxyl groups excluding tert-OH is 1. The average Bonchev–Trinajstić information content (AvgIpc) is 2.37. The summed E-state index contributed by atoms with van der Waals surface area (Å²) in [6, 6.07) is 11.1. The molecule has 1 atom stereocenters. The quantitative estimate of drug-likeness (QED) is 0.898. The molecule has 19 heavy (non-hydrogen) atoms. The van der Waals surface area contributed by atoms with Crippen LogP contribution in [0.2, 0.25) is 0 Å². The van der Waals surface area contributed by atoms with Crippen molar-refractivity contribution >= 4 is 0 Å². The molecule has 3 nitrogen and oxygen atoms in total. The van der Waals surface area contributed by atoms with Gasteiger partial charge in [0, 0.05) is 37.8 Å². The molecular weight excluding hydrogens is 236 g/mol. The third kappa shape index (κ3) is 3.56. The standard InChI is InChI=1S/C16H26N2O/c1-16(2)13-18(11-14-7-5-4-6-8-14)15(9-10-19)12-17(16)3/h4-8,15,19H,9-13H2,1-3H3. The first-order valence-electron chi connectivity index (χ1n) is 7.13. The predicted octanol–water partition coefficient (Wildman–Crippen LogP) is 1.96. The highest BCUT2D eigenvalue weighted by atomic mass is 16.3. The maximum Gasteiger partial charge on any atom is 0.0446 e. The van der Waals surface area contributed by atoms with E-state index in [9.17, 15) is 5.11 Å². The van der Waals surface area contributed by atoms with Crippen LogP contribution in [0.3, 0.4) is 0 Å². The van der Waals surface area contributed by atoms with Crippen molar-refractivity contribution in [2.45, 2.75) is 38.4 Å². The minimum atomic E-state index is 0.195. The molecule has 1 aliphatic heterocycles. The Labute approximate surface area is 116 Å². The molecule has 3 heteroatoms. The van der Waals surface area contributed by atoms with Crippen molar-refractivity contribution in [3.8, 4) is 0 Å². The van der Waals surface area contributed by atoms with Crippen LogP contribution in [0.4, 0.5) is 0 Å². The molecular formula is C16H26N2O. The Morgan fingerprint density at radius 2 is 1.95 bits per heavy atom. The maximum atomic E-state index is 9.27. The minimum absolute atomic E-state index is 0.195. The Bertz CT molecular complexity index is 391. The Kier molecular flexibility index (Phi) is 4.61. The fourth-order valence-corrected chi connectivity index (χ4v) is 2.85. The lowest BCUT2D eigenvalue weighted by Gasteiger charge is -2.50. The molecule has 1 unspecified atom stereocenters. The minimum Gasteiger partial charge on any atom is -0.396 e. The summed E-state index contributed by atoms with van der Waals surface area (Å²) in [5.41, 5.74) is 1.55. The number of rotatable bonds is 4. The van der Waals surface area contributed by atoms with Gasteiger partial charge in [-0.2, -0.15) is 0 Å². The van der Waals surface area contributed by atoms with E-state index in [1.54, 1.807) is 0 Å². The maximum absolute atomic E-state index is 9.27. The van der Waals surface area contributed by atoms with Gasteiger partial charge in [-0.15, -0.1) is 0 Å². The topological polar surface area (TPSA) is 26.7 Å². The SMILES string of the molecule is CN1CC(CCO)N(Cc2ccccc2)CC1(C)C. The number of likely N-dealkylation sites (N-methyl/N-ethyl adjacent to an activating group) is 1. The van der Waals surface area contributed by atoms with Gasteiger partial charge in [-0.25, -0.2) is 0 Å². The van der Waals surface area contributed by atoms with Gasteiger partial charge >= 0.3 is 0 Å². The van der Waals surface area contributed by atoms with Crippen LogP contribution in [0.25, 0.3) is 0 Å². The largest absolute Gasteiger partial charge is 0.396 e. The Hall–Kier alpha value is -0.900. The van der Waals surface area contributed by atoms with E-state index in [4.69, 9.17) is 0 Å². The molecule has 1 fully saturated rings. The Morgan fingerprint density at radius 3 is 2.58 bits per heavy atom. The molecule has 1 aliphatic rings. The van der Waals surface area contributed by atoms with E-state index in [1.165, 1.54) is 5.56 Å². The van der Waals surface area contributed by atoms with E-state index in [2.05, 4.69) is 61.0 Å². The van der Waals surface area contributed by atoms with Gasteiger partial charge in [0.05, 0.1) is 0 Å². The molecule has 1 heterocycles. The van der Waals surface area contributed by atoms with Crippen LogP contribution in [0.1, 0.15) is 25.8 Å². The van der Waals surface area contributed by atoms with Crippen molar-refractivity contribution in [2.75, 3.05) is 26.7 Å². The number of nitrogens with zero attached hydrogens (tertiary/aromatic N) is 2. The van der Waals surface area contributed by atoms with Crippen LogP contribution in [0.5, 0.6) is 0 Å². The van der Waals surface area contributed by atoms with Crippen molar-refractivity contribution < 1.29 is 5.11 Å². The average molecular weight is 262 g/mol. The van der Waals surface area contributed by atoms with E-state index in [-0.39, 0.29) is 12.1 Å². The molecule has 1 N–H and O–H groups in total. The molecule has 0 aliphatic carbocycles. The van der Waals surface area contributed by atoms with Crippen molar-refractivity contribution in [3.63, 3.8) is 0 Å². The Balaban J connectivity index is 2.10. The zero-order valence-electron chi connectivity index (χ0n) is 12.3. The van der Waals surface area contributed by atoms with E-state index in [0.29, 0.717) is 6.04 Å². The highest BCUT2D eigenvalue weighted by molar-refractivity contribution is 5.15. The fraction of sp³-hybridized carbons (Fsp3) is 0.625. The smallest absolute Gasteiger partial charge is 0.0446 e. The second-order valence-corrected chi connectivity index (χ2v) is 6.25. The lowest BCUT2D eigenvalue weighted by molar-refractivity contribution is -0.0135. The van der Waals surface area contributed by atoms with E-state index >= 15 is 0 Å². The molecule has 0 spiro atoms. The highest BCUT2D eigenvalue weighted by Crippen LogP contribution is 2.25. The molecule has 106 valence electrons. The number of piperazine rings is 1. The number of aliphatic hydroxyl groups is 1. The summed E-state index contributed by atoms with van der Waals surface area (Å²) < 4.78 is 0. The molecule has 2 rings (SSSR count). The second kappa shape index (κ2) is 6.04. The van der Waals surface area contributed by atoms with Gasteiger partial charge in [-0.05, 0) is 32.9 Å². The predicted molar refractivity (Wildman–Crippen MR) is 79.1 cm³/mol. The van der Waals surface area contributed by atoms with E-state index in [1.807, 2.05) is 0 Å². The van der Waals surface area contributed by atoms with E-state index in [0.717, 1.165) is 26.1 Å². The van der Waals surface area contributed by atoms with Gasteiger partial charge in [0.2, 0.25) is 0 Å². The van der Waals surface area contributed by atoms with Crippen molar-refractivity contribution in [2.24, 2.45) is 0 Å². The third-order valence-corrected chi connectivity index (χ3v) is 4.32. The fourth-order valence-electron chi connectivity index (χ4n) is 2.85. The first-order valence-corrected chi connectivity index (χ1v) is 7.13. The molecule has 0 aromatic heterocycles. The lowest BCUT2D eigenvalue weighted by atomic mass is 9.94. The molecule has 1 aromatic carbocycles. The second-order valence-electron chi connectivity index (χ2n) is 6.25. The molecule has 0 radical (unpaired) electrons. The first kappa shape index (κ1) is 14.5. The number of hydrogen-bond acceptors (Lipinski definition) is 3. The normalized spacial score (nSPS) is 24.5. The summed E-state index contributed by atoms with van der Waals surface area (Å²) in [5.74, 6) is 0. The van der Waals surface area contributed by atoms with Crippen LogP contribution in [-0.2, 0) is 6.54 Å². The van der Waals surface area contributed by atoms with Gasteiger partial charge in [0.15, 0.2) is 0 Å². The van der Waals surface area contributed by atoms with Crippen molar-refractivity contribution in [3.05, 3.63) is 35.9 Å². The number of benzene rings is 1. The van der Waals surface area contributed by atoms with Crippen LogP contribution >= 0.6 is 0 Å². The Morgan fingerprint density at radius 1 is 1.26 bits per heavy atom. The van der Waals surface area contributed by atoms with Gasteiger partial charge in [-0.3, -0.25) is 9.80 Å². The van der Waals surface area contributed by atoms with Crippen LogP contribution in [-0.4, -0.2) is 53.2 Å². The van der Waals surface area contributed by atoms with Gasteiger partial charge in [0.25, 0.3) is 0 Å². The van der Waals surface area contributed by atoms with Crippen LogP contribution in [0.15, 0.2) is 30.3 Å². The third-order valence-electron chi connectivity index (χ3n) is 4.32. The summed E-state index contributed by atoms with van der Waals surface area (Å²) in [4.78, 5) is 4.93.